The van der Waals surface area contributed by atoms with Gasteiger partial charge in [0.2, 0.25) is 0 Å². The quantitative estimate of drug-likeness (QED) is 0.352. The highest BCUT2D eigenvalue weighted by Crippen LogP contribution is 2.01. The number of carbonyl (C=O) groups is 1. The minimum atomic E-state index is -3.98. The van der Waals surface area contributed by atoms with E-state index in [1.807, 2.05) is 18.2 Å². The first-order chi connectivity index (χ1) is 12.5. The number of amides is 1. The Labute approximate surface area is 153 Å². The van der Waals surface area contributed by atoms with Crippen LogP contribution in [0.4, 0.5) is 0 Å². The standard InChI is InChI=1S/C17H25NO7S/c19-17(16-6-4-2-1-3-5-7-16)18-8-9-23-10-11-24-12-13-25-14-15-26(20,21)22/h1-7H,8-15H2,(H,18,19)(H,20,21,22)/b2-1-,3-1?,4-2?,5-3-,6-4-,7-5?,16-6?,16-7+. The average Bonchev–Trinajstić information content (AvgIpc) is 2.54. The van der Waals surface area contributed by atoms with E-state index < -0.39 is 15.9 Å². The summed E-state index contributed by atoms with van der Waals surface area (Å²) in [4.78, 5) is 11.9. The van der Waals surface area contributed by atoms with Crippen LogP contribution in [0.5, 0.6) is 0 Å². The molecule has 1 amide bonds. The van der Waals surface area contributed by atoms with Crippen molar-refractivity contribution < 1.29 is 32.0 Å². The van der Waals surface area contributed by atoms with Crippen LogP contribution in [0.15, 0.2) is 48.1 Å². The minimum Gasteiger partial charge on any atom is -0.378 e. The van der Waals surface area contributed by atoms with Crippen LogP contribution in [-0.4, -0.2) is 70.8 Å². The van der Waals surface area contributed by atoms with Crippen LogP contribution in [-0.2, 0) is 29.1 Å². The predicted octanol–water partition coefficient (Wildman–Crippen LogP) is 0.649. The summed E-state index contributed by atoms with van der Waals surface area (Å²) in [6.45, 7) is 1.95. The number of hydrogen-bond acceptors (Lipinski definition) is 6. The van der Waals surface area contributed by atoms with Gasteiger partial charge in [-0.05, 0) is 12.2 Å². The molecule has 0 aromatic rings. The lowest BCUT2D eigenvalue weighted by Gasteiger charge is -2.08. The summed E-state index contributed by atoms with van der Waals surface area (Å²) in [5.41, 5.74) is 0.572. The molecule has 2 N–H and O–H groups in total. The Morgan fingerprint density at radius 2 is 1.46 bits per heavy atom. The van der Waals surface area contributed by atoms with Crippen LogP contribution in [0.25, 0.3) is 0 Å². The molecular weight excluding hydrogens is 362 g/mol. The van der Waals surface area contributed by atoms with E-state index in [2.05, 4.69) is 5.32 Å². The van der Waals surface area contributed by atoms with E-state index in [1.54, 1.807) is 24.3 Å². The maximum Gasteiger partial charge on any atom is 0.267 e. The van der Waals surface area contributed by atoms with Crippen LogP contribution in [0, 0.1) is 0 Å². The van der Waals surface area contributed by atoms with Gasteiger partial charge in [-0.1, -0.05) is 30.4 Å². The molecule has 0 radical (unpaired) electrons. The molecule has 1 rings (SSSR count). The second kappa shape index (κ2) is 13.4. The molecule has 0 aliphatic heterocycles. The molecule has 0 bridgehead atoms. The molecule has 0 fully saturated rings. The smallest absolute Gasteiger partial charge is 0.267 e. The van der Waals surface area contributed by atoms with Crippen LogP contribution in [0.1, 0.15) is 0 Å². The topological polar surface area (TPSA) is 111 Å². The van der Waals surface area contributed by atoms with Crippen LogP contribution >= 0.6 is 0 Å². The van der Waals surface area contributed by atoms with Gasteiger partial charge in [0.1, 0.15) is 0 Å². The van der Waals surface area contributed by atoms with E-state index in [4.69, 9.17) is 18.8 Å². The first-order valence-corrected chi connectivity index (χ1v) is 9.78. The molecule has 8 nitrogen and oxygen atoms in total. The maximum absolute atomic E-state index is 11.9. The fourth-order valence-corrected chi connectivity index (χ4v) is 2.09. The molecule has 146 valence electrons. The van der Waals surface area contributed by atoms with Gasteiger partial charge in [0.05, 0.1) is 45.4 Å². The molecule has 0 unspecified atom stereocenters. The van der Waals surface area contributed by atoms with Gasteiger partial charge in [-0.25, -0.2) is 0 Å². The molecule has 0 atom stereocenters. The molecular formula is C17H25NO7S. The summed E-state index contributed by atoms with van der Waals surface area (Å²) >= 11 is 0. The highest BCUT2D eigenvalue weighted by Gasteiger charge is 2.05. The van der Waals surface area contributed by atoms with Crippen molar-refractivity contribution in [3.63, 3.8) is 0 Å². The van der Waals surface area contributed by atoms with E-state index >= 15 is 0 Å². The Hall–Kier alpha value is -1.78. The van der Waals surface area contributed by atoms with Crippen molar-refractivity contribution in [1.82, 2.24) is 5.32 Å². The third-order valence-electron chi connectivity index (χ3n) is 3.02. The van der Waals surface area contributed by atoms with Gasteiger partial charge in [-0.15, -0.1) is 0 Å². The maximum atomic E-state index is 11.9. The largest absolute Gasteiger partial charge is 0.378 e. The highest BCUT2D eigenvalue weighted by molar-refractivity contribution is 7.85. The van der Waals surface area contributed by atoms with Crippen molar-refractivity contribution >= 4 is 16.0 Å². The zero-order valence-electron chi connectivity index (χ0n) is 14.5. The highest BCUT2D eigenvalue weighted by atomic mass is 32.2. The molecule has 0 saturated heterocycles. The number of hydrogen-bond donors (Lipinski definition) is 2. The number of rotatable bonds is 13. The van der Waals surface area contributed by atoms with Gasteiger partial charge in [-0.2, -0.15) is 8.42 Å². The Morgan fingerprint density at radius 3 is 2.15 bits per heavy atom. The third kappa shape index (κ3) is 12.6. The van der Waals surface area contributed by atoms with Crippen molar-refractivity contribution in [3.8, 4) is 0 Å². The Kier molecular flexibility index (Phi) is 11.5. The van der Waals surface area contributed by atoms with Crippen LogP contribution in [0.2, 0.25) is 0 Å². The lowest BCUT2D eigenvalue weighted by atomic mass is 10.1. The lowest BCUT2D eigenvalue weighted by molar-refractivity contribution is -0.117. The summed E-state index contributed by atoms with van der Waals surface area (Å²) in [6, 6.07) is 0. The molecule has 1 aliphatic rings. The second-order valence-corrected chi connectivity index (χ2v) is 6.70. The van der Waals surface area contributed by atoms with Crippen molar-refractivity contribution in [1.29, 1.82) is 0 Å². The second-order valence-electron chi connectivity index (χ2n) is 5.13. The monoisotopic (exact) mass is 387 g/mol. The van der Waals surface area contributed by atoms with Crippen LogP contribution < -0.4 is 5.32 Å². The summed E-state index contributed by atoms with van der Waals surface area (Å²) in [7, 11) is -3.98. The van der Waals surface area contributed by atoms with Gasteiger partial charge in [0.15, 0.2) is 0 Å². The molecule has 26 heavy (non-hydrogen) atoms. The number of allylic oxidation sites excluding steroid dienone is 6. The first-order valence-electron chi connectivity index (χ1n) is 8.17. The van der Waals surface area contributed by atoms with Crippen LogP contribution in [0.3, 0.4) is 0 Å². The average molecular weight is 387 g/mol. The van der Waals surface area contributed by atoms with Gasteiger partial charge < -0.3 is 19.5 Å². The zero-order chi connectivity index (χ0) is 19.1. The first kappa shape index (κ1) is 22.3. The molecule has 0 saturated carbocycles. The lowest BCUT2D eigenvalue weighted by Crippen LogP contribution is -2.28. The van der Waals surface area contributed by atoms with E-state index in [-0.39, 0.29) is 19.1 Å². The predicted molar refractivity (Wildman–Crippen MR) is 97.4 cm³/mol. The SMILES string of the molecule is O=C(NCCOCCOCCOCCS(=O)(=O)O)C1=C/C=C\C=C/C=C\1. The summed E-state index contributed by atoms with van der Waals surface area (Å²) in [6.07, 6.45) is 12.6. The van der Waals surface area contributed by atoms with Gasteiger partial charge in [-0.3, -0.25) is 9.35 Å². The Balaban J connectivity index is 1.94. The Morgan fingerprint density at radius 1 is 0.885 bits per heavy atom. The number of carbonyl (C=O) groups excluding carboxylic acids is 1. The summed E-state index contributed by atoms with van der Waals surface area (Å²) in [5, 5.41) is 2.77. The van der Waals surface area contributed by atoms with Crippen molar-refractivity contribution in [3.05, 3.63) is 48.1 Å². The molecule has 0 aromatic carbocycles. The molecule has 9 heteroatoms. The fraction of sp³-hybridized carbons (Fsp3) is 0.471. The van der Waals surface area contributed by atoms with Crippen molar-refractivity contribution in [2.75, 3.05) is 51.9 Å². The number of nitrogens with one attached hydrogen (secondary N) is 1. The summed E-state index contributed by atoms with van der Waals surface area (Å²) < 4.78 is 44.9. The van der Waals surface area contributed by atoms with E-state index in [0.29, 0.717) is 38.5 Å². The third-order valence-corrected chi connectivity index (χ3v) is 3.70. The zero-order valence-corrected chi connectivity index (χ0v) is 15.3. The van der Waals surface area contributed by atoms with E-state index in [0.717, 1.165) is 0 Å². The normalized spacial score (nSPS) is 19.7. The van der Waals surface area contributed by atoms with Crippen molar-refractivity contribution in [2.24, 2.45) is 0 Å². The molecule has 0 spiro atoms. The van der Waals surface area contributed by atoms with Gasteiger partial charge >= 0.3 is 0 Å². The van der Waals surface area contributed by atoms with Gasteiger partial charge in [0.25, 0.3) is 16.0 Å². The molecule has 0 aromatic heterocycles. The van der Waals surface area contributed by atoms with Crippen molar-refractivity contribution in [2.45, 2.75) is 0 Å². The Bertz CT molecular complexity index is 635. The molecule has 0 heterocycles. The van der Waals surface area contributed by atoms with Gasteiger partial charge in [0, 0.05) is 12.1 Å². The number of ether oxygens (including phenoxy) is 3. The van der Waals surface area contributed by atoms with E-state index in [9.17, 15) is 13.2 Å². The fourth-order valence-electron chi connectivity index (χ4n) is 1.76. The minimum absolute atomic E-state index is 0.0733. The van der Waals surface area contributed by atoms with E-state index in [1.165, 1.54) is 0 Å². The molecule has 1 aliphatic carbocycles. The summed E-state index contributed by atoms with van der Waals surface area (Å²) in [5.74, 6) is -0.593.